The molecule has 0 aliphatic heterocycles. The number of anilines is 6. The predicted molar refractivity (Wildman–Crippen MR) is 229 cm³/mol. The van der Waals surface area contributed by atoms with Gasteiger partial charge in [-0.25, -0.2) is 30.2 Å². The number of nitro groups is 2. The Morgan fingerprint density at radius 1 is 0.644 bits per heavy atom. The molecule has 5 rings (SSSR count). The molecule has 3 N–H and O–H groups in total. The van der Waals surface area contributed by atoms with E-state index < -0.39 is 51.4 Å². The second-order valence-corrected chi connectivity index (χ2v) is 18.5. The van der Waals surface area contributed by atoms with E-state index in [9.17, 15) is 49.9 Å². The summed E-state index contributed by atoms with van der Waals surface area (Å²) < 4.78 is 83.7. The first kappa shape index (κ1) is 49.3. The molecule has 25 heteroatoms. The molecule has 4 aromatic carbocycles. The maximum absolute atomic E-state index is 12.4. The van der Waals surface area contributed by atoms with Gasteiger partial charge in [-0.05, 0) is 48.0 Å². The van der Waals surface area contributed by atoms with E-state index >= 15 is 0 Å². The predicted octanol–water partition coefficient (Wildman–Crippen LogP) is 6.31. The Morgan fingerprint density at radius 2 is 1.05 bits per heavy atom. The zero-order valence-electron chi connectivity index (χ0n) is 32.0. The minimum absolute atomic E-state index is 0.0378. The standard InChI is InChI=1S/C12H12Cl2N4O2S.C8H10N2O4S.C8H12N2O2S.C6H4FNO2/c1-18(21(2,19)20)10-6-4-3-5-9(10)16-11-8(13)7-15-12(14)17-11;1-9(15(2,13)14)7-5-3-4-6-8(7)10(11)12;1-10(13(2,11)12)8-6-4-3-5-7(8)9;7-5-3-1-2-4-6(5)8(9)10/h3-7H,1-2H3,(H,15,16,17);3-6H,1-2H3;3-6H,9H2,1-2H3;1-4H. The van der Waals surface area contributed by atoms with Gasteiger partial charge in [0.05, 0.1) is 57.6 Å². The van der Waals surface area contributed by atoms with Crippen molar-refractivity contribution in [3.8, 4) is 0 Å². The van der Waals surface area contributed by atoms with Crippen molar-refractivity contribution < 1.29 is 39.5 Å². The number of nitrogens with two attached hydrogens (primary N) is 1. The number of sulfonamides is 3. The fraction of sp³-hybridized carbons (Fsp3) is 0.176. The van der Waals surface area contributed by atoms with Crippen LogP contribution < -0.4 is 24.0 Å². The Bertz CT molecular complexity index is 2610. The van der Waals surface area contributed by atoms with Crippen molar-refractivity contribution in [1.29, 1.82) is 0 Å². The van der Waals surface area contributed by atoms with Gasteiger partial charge in [0.15, 0.2) is 5.82 Å². The molecule has 0 spiro atoms. The number of para-hydroxylation sites is 7. The molecule has 1 aromatic heterocycles. The number of hydrogen-bond acceptors (Lipinski definition) is 14. The number of nitrogens with one attached hydrogen (secondary N) is 1. The van der Waals surface area contributed by atoms with Crippen LogP contribution in [0.1, 0.15) is 0 Å². The Kier molecular flexibility index (Phi) is 17.7. The van der Waals surface area contributed by atoms with Crippen LogP contribution in [-0.2, 0) is 30.1 Å². The van der Waals surface area contributed by atoms with E-state index in [1.807, 2.05) is 0 Å². The maximum Gasteiger partial charge on any atom is 0.304 e. The van der Waals surface area contributed by atoms with Crippen molar-refractivity contribution in [2.75, 3.05) is 63.9 Å². The second-order valence-electron chi connectivity index (χ2n) is 11.7. The summed E-state index contributed by atoms with van der Waals surface area (Å²) in [4.78, 5) is 27.0. The highest BCUT2D eigenvalue weighted by atomic mass is 35.5. The average Bonchev–Trinajstić information content (AvgIpc) is 3.15. The number of nitrogens with zero attached hydrogens (tertiary/aromatic N) is 7. The summed E-state index contributed by atoms with van der Waals surface area (Å²) in [5, 5.41) is 23.9. The van der Waals surface area contributed by atoms with E-state index in [0.29, 0.717) is 28.6 Å². The largest absolute Gasteiger partial charge is 0.397 e. The minimum Gasteiger partial charge on any atom is -0.397 e. The van der Waals surface area contributed by atoms with E-state index in [2.05, 4.69) is 15.3 Å². The molecule has 5 aromatic rings. The van der Waals surface area contributed by atoms with Crippen molar-refractivity contribution in [1.82, 2.24) is 9.97 Å². The smallest absolute Gasteiger partial charge is 0.304 e. The number of aromatic nitrogens is 2. The molecule has 0 unspecified atom stereocenters. The fourth-order valence-electron chi connectivity index (χ4n) is 4.21. The topological polar surface area (TPSA) is 262 Å². The molecule has 0 atom stereocenters. The molecule has 0 saturated heterocycles. The van der Waals surface area contributed by atoms with Crippen LogP contribution >= 0.6 is 23.2 Å². The van der Waals surface area contributed by atoms with Crippen LogP contribution in [0.2, 0.25) is 10.3 Å². The van der Waals surface area contributed by atoms with E-state index in [1.54, 1.807) is 54.6 Å². The van der Waals surface area contributed by atoms with Gasteiger partial charge in [0, 0.05) is 33.3 Å². The third-order valence-electron chi connectivity index (χ3n) is 7.45. The zero-order chi connectivity index (χ0) is 44.9. The second kappa shape index (κ2) is 21.2. The Hall–Kier alpha value is -5.88. The molecule has 0 saturated carbocycles. The maximum atomic E-state index is 12.4. The monoisotopic (exact) mass is 917 g/mol. The number of nitrogen functional groups attached to an aromatic ring is 1. The first-order chi connectivity index (χ1) is 27.3. The Balaban J connectivity index is 0.000000281. The quantitative estimate of drug-likeness (QED) is 0.0673. The summed E-state index contributed by atoms with van der Waals surface area (Å²) in [5.74, 6) is -0.501. The van der Waals surface area contributed by atoms with Crippen LogP contribution in [0.4, 0.5) is 50.0 Å². The Morgan fingerprint density at radius 3 is 1.53 bits per heavy atom. The molecule has 0 aliphatic carbocycles. The molecule has 0 bridgehead atoms. The van der Waals surface area contributed by atoms with Gasteiger partial charge >= 0.3 is 5.69 Å². The van der Waals surface area contributed by atoms with Crippen LogP contribution in [0.15, 0.2) is 103 Å². The van der Waals surface area contributed by atoms with E-state index in [1.165, 1.54) is 57.7 Å². The lowest BCUT2D eigenvalue weighted by molar-refractivity contribution is -0.387. The van der Waals surface area contributed by atoms with E-state index in [0.717, 1.165) is 43.8 Å². The summed E-state index contributed by atoms with van der Waals surface area (Å²) in [7, 11) is -5.88. The van der Waals surface area contributed by atoms with Crippen molar-refractivity contribution in [2.45, 2.75) is 0 Å². The van der Waals surface area contributed by atoms with Crippen molar-refractivity contribution in [2.24, 2.45) is 0 Å². The summed E-state index contributed by atoms with van der Waals surface area (Å²) in [6.45, 7) is 0. The van der Waals surface area contributed by atoms with Crippen LogP contribution in [0.5, 0.6) is 0 Å². The van der Waals surface area contributed by atoms with Gasteiger partial charge in [-0.3, -0.25) is 33.1 Å². The molecule has 1 heterocycles. The van der Waals surface area contributed by atoms with Crippen LogP contribution in [0.3, 0.4) is 0 Å². The van der Waals surface area contributed by atoms with Gasteiger partial charge in [0.25, 0.3) is 5.69 Å². The van der Waals surface area contributed by atoms with Crippen LogP contribution in [0.25, 0.3) is 0 Å². The van der Waals surface area contributed by atoms with E-state index in [4.69, 9.17) is 28.9 Å². The third-order valence-corrected chi connectivity index (χ3v) is 11.5. The molecule has 0 amide bonds. The van der Waals surface area contributed by atoms with Crippen LogP contribution in [0, 0.1) is 26.0 Å². The molecule has 0 aliphatic rings. The van der Waals surface area contributed by atoms with Gasteiger partial charge < -0.3 is 11.1 Å². The number of rotatable bonds is 10. The summed E-state index contributed by atoms with van der Waals surface area (Å²) in [5.41, 5.74) is 6.91. The molecular weight excluding hydrogens is 881 g/mol. The van der Waals surface area contributed by atoms with Gasteiger partial charge in [0.1, 0.15) is 10.7 Å². The van der Waals surface area contributed by atoms with Gasteiger partial charge in [-0.1, -0.05) is 60.1 Å². The molecule has 318 valence electrons. The van der Waals surface area contributed by atoms with Gasteiger partial charge in [0.2, 0.25) is 41.2 Å². The molecule has 59 heavy (non-hydrogen) atoms. The summed E-state index contributed by atoms with van der Waals surface area (Å²) in [6, 6.07) is 24.4. The molecule has 19 nitrogen and oxygen atoms in total. The summed E-state index contributed by atoms with van der Waals surface area (Å²) >= 11 is 11.7. The molecule has 0 radical (unpaired) electrons. The molecular formula is C34H38Cl2FN9O10S3. The van der Waals surface area contributed by atoms with Crippen LogP contribution in [-0.4, -0.2) is 85.0 Å². The lowest BCUT2D eigenvalue weighted by Crippen LogP contribution is -2.25. The number of halogens is 3. The highest BCUT2D eigenvalue weighted by molar-refractivity contribution is 7.92. The zero-order valence-corrected chi connectivity index (χ0v) is 35.9. The average molecular weight is 919 g/mol. The summed E-state index contributed by atoms with van der Waals surface area (Å²) in [6.07, 6.45) is 4.61. The number of benzene rings is 4. The lowest BCUT2D eigenvalue weighted by atomic mass is 10.2. The third kappa shape index (κ3) is 15.1. The van der Waals surface area contributed by atoms with Crippen molar-refractivity contribution >= 4 is 98.9 Å². The SMILES string of the molecule is CN(c1ccccc1N)S(C)(=O)=O.CN(c1ccccc1Nc1nc(Cl)ncc1Cl)S(C)(=O)=O.CN(c1ccccc1[N+](=O)[O-])S(C)(=O)=O.O=[N+]([O-])c1ccccc1F. The van der Waals surface area contributed by atoms with Gasteiger partial charge in [-0.15, -0.1) is 0 Å². The first-order valence-electron chi connectivity index (χ1n) is 16.1. The van der Waals surface area contributed by atoms with Gasteiger partial charge in [-0.2, -0.15) is 9.37 Å². The Labute approximate surface area is 350 Å². The lowest BCUT2D eigenvalue weighted by Gasteiger charge is -2.20. The van der Waals surface area contributed by atoms with E-state index in [-0.39, 0.29) is 21.7 Å². The highest BCUT2D eigenvalue weighted by Gasteiger charge is 2.22. The minimum atomic E-state index is -3.48. The number of nitro benzene ring substituents is 2. The number of hydrogen-bond donors (Lipinski definition) is 2. The molecule has 0 fully saturated rings. The fourth-order valence-corrected chi connectivity index (χ4v) is 6.03. The highest BCUT2D eigenvalue weighted by Crippen LogP contribution is 2.32. The normalized spacial score (nSPS) is 10.9. The van der Waals surface area contributed by atoms with Crippen molar-refractivity contribution in [3.05, 3.63) is 140 Å². The van der Waals surface area contributed by atoms with Crippen molar-refractivity contribution in [3.63, 3.8) is 0 Å². The first-order valence-corrected chi connectivity index (χ1v) is 22.4.